The summed E-state index contributed by atoms with van der Waals surface area (Å²) in [6.45, 7) is 4.40. The lowest BCUT2D eigenvalue weighted by Gasteiger charge is -2.20. The molecule has 0 saturated heterocycles. The van der Waals surface area contributed by atoms with Gasteiger partial charge in [0.1, 0.15) is 6.10 Å². The highest BCUT2D eigenvalue weighted by Crippen LogP contribution is 2.26. The van der Waals surface area contributed by atoms with Gasteiger partial charge in [0, 0.05) is 24.4 Å². The molecule has 2 unspecified atom stereocenters. The van der Waals surface area contributed by atoms with E-state index in [0.717, 1.165) is 16.3 Å². The number of aliphatic hydroxyl groups is 1. The van der Waals surface area contributed by atoms with Crippen LogP contribution in [0.5, 0.6) is 0 Å². The maximum Gasteiger partial charge on any atom is 0.105 e. The van der Waals surface area contributed by atoms with Gasteiger partial charge in [-0.1, -0.05) is 18.2 Å². The Hall–Kier alpha value is -1.45. The van der Waals surface area contributed by atoms with E-state index in [0.29, 0.717) is 6.61 Å². The molecule has 0 aliphatic rings. The molecule has 0 aliphatic heterocycles. The molecule has 0 saturated carbocycles. The quantitative estimate of drug-likeness (QED) is 0.879. The molecule has 1 aromatic carbocycles. The van der Waals surface area contributed by atoms with Crippen molar-refractivity contribution < 1.29 is 9.84 Å². The molecule has 0 radical (unpaired) electrons. The Labute approximate surface area is 101 Å². The van der Waals surface area contributed by atoms with Crippen molar-refractivity contribution in [2.45, 2.75) is 26.1 Å². The van der Waals surface area contributed by atoms with Crippen LogP contribution in [0, 0.1) is 0 Å². The maximum absolute atomic E-state index is 10.3. The Kier molecular flexibility index (Phi) is 3.71. The van der Waals surface area contributed by atoms with Crippen molar-refractivity contribution in [2.24, 2.45) is 0 Å². The van der Waals surface area contributed by atoms with Gasteiger partial charge in [0.2, 0.25) is 0 Å². The highest BCUT2D eigenvalue weighted by Gasteiger charge is 2.18. The highest BCUT2D eigenvalue weighted by atomic mass is 16.5. The summed E-state index contributed by atoms with van der Waals surface area (Å²) in [7, 11) is 0. The van der Waals surface area contributed by atoms with Gasteiger partial charge in [-0.3, -0.25) is 4.98 Å². The van der Waals surface area contributed by atoms with Gasteiger partial charge in [0.05, 0.1) is 6.10 Å². The Morgan fingerprint density at radius 1 is 1.35 bits per heavy atom. The summed E-state index contributed by atoms with van der Waals surface area (Å²) < 4.78 is 5.44. The van der Waals surface area contributed by atoms with Crippen molar-refractivity contribution >= 4 is 10.8 Å². The second-order valence-corrected chi connectivity index (χ2v) is 4.05. The Morgan fingerprint density at radius 3 is 2.94 bits per heavy atom. The zero-order valence-corrected chi connectivity index (χ0v) is 10.1. The monoisotopic (exact) mass is 231 g/mol. The van der Waals surface area contributed by atoms with Crippen LogP contribution in [-0.4, -0.2) is 22.8 Å². The molecule has 2 atom stereocenters. The van der Waals surface area contributed by atoms with E-state index in [1.807, 2.05) is 38.1 Å². The van der Waals surface area contributed by atoms with Gasteiger partial charge in [-0.2, -0.15) is 0 Å². The second kappa shape index (κ2) is 5.25. The standard InChI is InChI=1S/C14H17NO2/c1-3-17-10(2)14(16)12-6-4-5-11-7-8-15-9-13(11)12/h4-10,14,16H,3H2,1-2H3. The fourth-order valence-electron chi connectivity index (χ4n) is 2.00. The average Bonchev–Trinajstić information content (AvgIpc) is 2.37. The van der Waals surface area contributed by atoms with Gasteiger partial charge < -0.3 is 9.84 Å². The van der Waals surface area contributed by atoms with E-state index in [9.17, 15) is 5.11 Å². The van der Waals surface area contributed by atoms with Crippen molar-refractivity contribution in [1.29, 1.82) is 0 Å². The van der Waals surface area contributed by atoms with Crippen LogP contribution in [0.15, 0.2) is 36.7 Å². The van der Waals surface area contributed by atoms with Crippen molar-refractivity contribution in [3.8, 4) is 0 Å². The molecule has 0 aliphatic carbocycles. The first-order valence-electron chi connectivity index (χ1n) is 5.86. The normalized spacial score (nSPS) is 14.8. The molecule has 2 aromatic rings. The van der Waals surface area contributed by atoms with Gasteiger partial charge in [0.15, 0.2) is 0 Å². The summed E-state index contributed by atoms with van der Waals surface area (Å²) in [5, 5.41) is 12.3. The first kappa shape index (κ1) is 12.0. The zero-order chi connectivity index (χ0) is 12.3. The van der Waals surface area contributed by atoms with Crippen molar-refractivity contribution in [3.05, 3.63) is 42.2 Å². The van der Waals surface area contributed by atoms with Gasteiger partial charge in [0.25, 0.3) is 0 Å². The van der Waals surface area contributed by atoms with Crippen molar-refractivity contribution in [2.75, 3.05) is 6.61 Å². The number of hydrogen-bond donors (Lipinski definition) is 1. The molecule has 1 N–H and O–H groups in total. The number of fused-ring (bicyclic) bond motifs is 1. The lowest BCUT2D eigenvalue weighted by atomic mass is 9.99. The van der Waals surface area contributed by atoms with Gasteiger partial charge >= 0.3 is 0 Å². The average molecular weight is 231 g/mol. The first-order valence-corrected chi connectivity index (χ1v) is 5.86. The molecule has 0 fully saturated rings. The van der Waals surface area contributed by atoms with Crippen LogP contribution in [0.25, 0.3) is 10.8 Å². The van der Waals surface area contributed by atoms with E-state index in [1.54, 1.807) is 12.4 Å². The lowest BCUT2D eigenvalue weighted by molar-refractivity contribution is -0.0221. The minimum absolute atomic E-state index is 0.217. The fourth-order valence-corrected chi connectivity index (χ4v) is 2.00. The van der Waals surface area contributed by atoms with Gasteiger partial charge in [-0.25, -0.2) is 0 Å². The molecule has 1 heterocycles. The van der Waals surface area contributed by atoms with Crippen LogP contribution in [0.2, 0.25) is 0 Å². The number of aliphatic hydroxyl groups excluding tert-OH is 1. The number of aromatic nitrogens is 1. The molecule has 17 heavy (non-hydrogen) atoms. The third kappa shape index (κ3) is 2.46. The molecule has 0 bridgehead atoms. The minimum atomic E-state index is -0.622. The van der Waals surface area contributed by atoms with Crippen LogP contribution >= 0.6 is 0 Å². The summed E-state index contributed by atoms with van der Waals surface area (Å²) in [6.07, 6.45) is 2.70. The number of nitrogens with zero attached hydrogens (tertiary/aromatic N) is 1. The second-order valence-electron chi connectivity index (χ2n) is 4.05. The third-order valence-corrected chi connectivity index (χ3v) is 2.91. The summed E-state index contributed by atoms with van der Waals surface area (Å²) in [5.41, 5.74) is 0.872. The topological polar surface area (TPSA) is 42.4 Å². The Bertz CT molecular complexity index is 493. The predicted molar refractivity (Wildman–Crippen MR) is 67.8 cm³/mol. The Balaban J connectivity index is 2.41. The van der Waals surface area contributed by atoms with Crippen LogP contribution in [0.3, 0.4) is 0 Å². The van der Waals surface area contributed by atoms with E-state index >= 15 is 0 Å². The van der Waals surface area contributed by atoms with E-state index in [4.69, 9.17) is 4.74 Å². The van der Waals surface area contributed by atoms with E-state index < -0.39 is 6.10 Å². The van der Waals surface area contributed by atoms with Gasteiger partial charge in [-0.15, -0.1) is 0 Å². The van der Waals surface area contributed by atoms with Crippen LogP contribution in [-0.2, 0) is 4.74 Å². The van der Waals surface area contributed by atoms with E-state index in [-0.39, 0.29) is 6.10 Å². The zero-order valence-electron chi connectivity index (χ0n) is 10.1. The summed E-state index contributed by atoms with van der Waals surface area (Å²) in [4.78, 5) is 4.11. The smallest absolute Gasteiger partial charge is 0.105 e. The van der Waals surface area contributed by atoms with E-state index in [2.05, 4.69) is 4.98 Å². The fraction of sp³-hybridized carbons (Fsp3) is 0.357. The SMILES string of the molecule is CCOC(C)C(O)c1cccc2ccncc12. The molecular formula is C14H17NO2. The predicted octanol–water partition coefficient (Wildman–Crippen LogP) is 2.69. The molecular weight excluding hydrogens is 214 g/mol. The largest absolute Gasteiger partial charge is 0.386 e. The first-order chi connectivity index (χ1) is 8.24. The summed E-state index contributed by atoms with van der Waals surface area (Å²) in [6, 6.07) is 7.82. The molecule has 90 valence electrons. The summed E-state index contributed by atoms with van der Waals surface area (Å²) in [5.74, 6) is 0. The number of rotatable bonds is 4. The summed E-state index contributed by atoms with van der Waals surface area (Å²) >= 11 is 0. The molecule has 0 amide bonds. The van der Waals surface area contributed by atoms with Crippen LogP contribution < -0.4 is 0 Å². The van der Waals surface area contributed by atoms with Gasteiger partial charge in [-0.05, 0) is 30.9 Å². The molecule has 1 aromatic heterocycles. The molecule has 2 rings (SSSR count). The van der Waals surface area contributed by atoms with E-state index in [1.165, 1.54) is 0 Å². The van der Waals surface area contributed by atoms with Crippen LogP contribution in [0.4, 0.5) is 0 Å². The van der Waals surface area contributed by atoms with Crippen LogP contribution in [0.1, 0.15) is 25.5 Å². The number of ether oxygens (including phenoxy) is 1. The third-order valence-electron chi connectivity index (χ3n) is 2.91. The number of hydrogen-bond acceptors (Lipinski definition) is 3. The minimum Gasteiger partial charge on any atom is -0.386 e. The molecule has 3 heteroatoms. The molecule has 3 nitrogen and oxygen atoms in total. The highest BCUT2D eigenvalue weighted by molar-refractivity contribution is 5.85. The maximum atomic E-state index is 10.3. The number of benzene rings is 1. The van der Waals surface area contributed by atoms with Crippen molar-refractivity contribution in [3.63, 3.8) is 0 Å². The Morgan fingerprint density at radius 2 is 2.18 bits per heavy atom. The number of pyridine rings is 1. The van der Waals surface area contributed by atoms with Crippen molar-refractivity contribution in [1.82, 2.24) is 4.98 Å². The lowest BCUT2D eigenvalue weighted by Crippen LogP contribution is -2.18. The molecule has 0 spiro atoms.